The summed E-state index contributed by atoms with van der Waals surface area (Å²) in [7, 11) is -3.76. The topological polar surface area (TPSA) is 98.5 Å². The fourth-order valence-electron chi connectivity index (χ4n) is 2.19. The molecule has 0 spiro atoms. The predicted octanol–water partition coefficient (Wildman–Crippen LogP) is 0.860. The molecule has 8 heteroatoms. The molecular formula is C12H18N2O4S2. The van der Waals surface area contributed by atoms with Gasteiger partial charge in [-0.25, -0.2) is 13.6 Å². The minimum Gasteiger partial charge on any atom is -0.381 e. The molecule has 112 valence electrons. The van der Waals surface area contributed by atoms with Gasteiger partial charge < -0.3 is 10.1 Å². The second-order valence-electron chi connectivity index (χ2n) is 4.87. The van der Waals surface area contributed by atoms with Gasteiger partial charge in [0.25, 0.3) is 5.91 Å². The molecule has 0 radical (unpaired) electrons. The zero-order valence-electron chi connectivity index (χ0n) is 11.2. The van der Waals surface area contributed by atoms with Gasteiger partial charge in [-0.05, 0) is 31.2 Å². The third-order valence-electron chi connectivity index (χ3n) is 3.39. The minimum atomic E-state index is -3.76. The van der Waals surface area contributed by atoms with Crippen LogP contribution in [-0.4, -0.2) is 34.1 Å². The van der Waals surface area contributed by atoms with E-state index in [-0.39, 0.29) is 10.1 Å². The average molecular weight is 318 g/mol. The van der Waals surface area contributed by atoms with Crippen molar-refractivity contribution >= 4 is 27.3 Å². The van der Waals surface area contributed by atoms with E-state index in [1.165, 1.54) is 5.38 Å². The van der Waals surface area contributed by atoms with Crippen LogP contribution in [0.15, 0.2) is 9.59 Å². The minimum absolute atomic E-state index is 0.0497. The third kappa shape index (κ3) is 3.57. The summed E-state index contributed by atoms with van der Waals surface area (Å²) in [5, 5.41) is 9.49. The number of hydrogen-bond acceptors (Lipinski definition) is 5. The second-order valence-corrected chi connectivity index (χ2v) is 7.51. The Hall–Kier alpha value is -0.960. The molecule has 1 aromatic rings. The van der Waals surface area contributed by atoms with E-state index >= 15 is 0 Å². The van der Waals surface area contributed by atoms with Crippen molar-refractivity contribution in [1.29, 1.82) is 0 Å². The van der Waals surface area contributed by atoms with Gasteiger partial charge >= 0.3 is 0 Å². The lowest BCUT2D eigenvalue weighted by molar-refractivity contribution is 0.0642. The van der Waals surface area contributed by atoms with Crippen molar-refractivity contribution in [3.63, 3.8) is 0 Å². The Balaban J connectivity index is 2.01. The Morgan fingerprint density at radius 1 is 1.50 bits per heavy atom. The molecular weight excluding hydrogens is 300 g/mol. The summed E-state index contributed by atoms with van der Waals surface area (Å²) in [5.41, 5.74) is 0.799. The number of nitrogens with two attached hydrogens (primary N) is 1. The summed E-state index contributed by atoms with van der Waals surface area (Å²) in [6.07, 6.45) is 1.87. The standard InChI is InChI=1S/C12H18N2O4S2/c1-8-10(7-19-12(8)20(13,16)17)11(15)14-6-9-2-4-18-5-3-9/h7,9H,2-6H2,1H3,(H,14,15)(H2,13,16,17). The van der Waals surface area contributed by atoms with Crippen molar-refractivity contribution in [1.82, 2.24) is 5.32 Å². The zero-order valence-corrected chi connectivity index (χ0v) is 12.9. The molecule has 1 amide bonds. The Morgan fingerprint density at radius 2 is 2.15 bits per heavy atom. The van der Waals surface area contributed by atoms with E-state index in [0.717, 1.165) is 37.4 Å². The van der Waals surface area contributed by atoms with Crippen LogP contribution in [0.4, 0.5) is 0 Å². The van der Waals surface area contributed by atoms with Crippen LogP contribution in [0, 0.1) is 12.8 Å². The van der Waals surface area contributed by atoms with Crippen LogP contribution >= 0.6 is 11.3 Å². The SMILES string of the molecule is Cc1c(C(=O)NCC2CCOCC2)csc1S(N)(=O)=O. The summed E-state index contributed by atoms with van der Waals surface area (Å²) in [5.74, 6) is 0.171. The number of primary sulfonamides is 1. The first-order valence-corrected chi connectivity index (χ1v) is 8.79. The molecule has 1 aliphatic rings. The number of nitrogens with one attached hydrogen (secondary N) is 1. The Bertz CT molecular complexity index is 589. The van der Waals surface area contributed by atoms with Gasteiger partial charge in [0.1, 0.15) is 4.21 Å². The van der Waals surface area contributed by atoms with Crippen LogP contribution < -0.4 is 10.5 Å². The Kier molecular flexibility index (Phi) is 4.79. The van der Waals surface area contributed by atoms with E-state index in [1.54, 1.807) is 6.92 Å². The quantitative estimate of drug-likeness (QED) is 0.860. The lowest BCUT2D eigenvalue weighted by Gasteiger charge is -2.22. The maximum absolute atomic E-state index is 12.1. The van der Waals surface area contributed by atoms with E-state index in [4.69, 9.17) is 9.88 Å². The van der Waals surface area contributed by atoms with Crippen molar-refractivity contribution in [2.45, 2.75) is 24.0 Å². The number of carbonyl (C=O) groups is 1. The van der Waals surface area contributed by atoms with Gasteiger partial charge in [-0.1, -0.05) is 0 Å². The molecule has 0 unspecified atom stereocenters. The predicted molar refractivity (Wildman–Crippen MR) is 76.3 cm³/mol. The fourth-order valence-corrected chi connectivity index (χ4v) is 4.20. The first kappa shape index (κ1) is 15.4. The number of hydrogen-bond donors (Lipinski definition) is 2. The highest BCUT2D eigenvalue weighted by Gasteiger charge is 2.21. The molecule has 2 heterocycles. The van der Waals surface area contributed by atoms with E-state index < -0.39 is 10.0 Å². The van der Waals surface area contributed by atoms with Gasteiger partial charge in [0.05, 0.1) is 5.56 Å². The summed E-state index contributed by atoms with van der Waals surface area (Å²) in [6.45, 7) is 3.64. The second kappa shape index (κ2) is 6.21. The van der Waals surface area contributed by atoms with Gasteiger partial charge in [0, 0.05) is 25.1 Å². The maximum Gasteiger partial charge on any atom is 0.252 e. The lowest BCUT2D eigenvalue weighted by atomic mass is 10.0. The fraction of sp³-hybridized carbons (Fsp3) is 0.583. The molecule has 20 heavy (non-hydrogen) atoms. The number of carbonyl (C=O) groups excluding carboxylic acids is 1. The van der Waals surface area contributed by atoms with Gasteiger partial charge in [-0.15, -0.1) is 11.3 Å². The van der Waals surface area contributed by atoms with E-state index in [1.807, 2.05) is 0 Å². The number of sulfonamides is 1. The van der Waals surface area contributed by atoms with Crippen LogP contribution in [0.3, 0.4) is 0 Å². The van der Waals surface area contributed by atoms with Crippen LogP contribution in [0.2, 0.25) is 0 Å². The van der Waals surface area contributed by atoms with Crippen molar-refractivity contribution in [2.24, 2.45) is 11.1 Å². The molecule has 0 aromatic carbocycles. The number of amides is 1. The summed E-state index contributed by atoms with van der Waals surface area (Å²) < 4.78 is 28.0. The van der Waals surface area contributed by atoms with Gasteiger partial charge in [0.15, 0.2) is 0 Å². The van der Waals surface area contributed by atoms with Crippen LogP contribution in [0.25, 0.3) is 0 Å². The molecule has 1 aromatic heterocycles. The maximum atomic E-state index is 12.1. The summed E-state index contributed by atoms with van der Waals surface area (Å²) in [6, 6.07) is 0. The van der Waals surface area contributed by atoms with Gasteiger partial charge in [-0.2, -0.15) is 0 Å². The highest BCUT2D eigenvalue weighted by atomic mass is 32.2. The number of rotatable bonds is 4. The largest absolute Gasteiger partial charge is 0.381 e. The molecule has 0 bridgehead atoms. The first-order chi connectivity index (χ1) is 9.39. The van der Waals surface area contributed by atoms with E-state index in [2.05, 4.69) is 5.32 Å². The third-order valence-corrected chi connectivity index (χ3v) is 6.07. The van der Waals surface area contributed by atoms with E-state index in [9.17, 15) is 13.2 Å². The normalized spacial score (nSPS) is 17.1. The van der Waals surface area contributed by atoms with Crippen LogP contribution in [-0.2, 0) is 14.8 Å². The van der Waals surface area contributed by atoms with Crippen LogP contribution in [0.1, 0.15) is 28.8 Å². The molecule has 3 N–H and O–H groups in total. The van der Waals surface area contributed by atoms with Crippen molar-refractivity contribution in [3.05, 3.63) is 16.5 Å². The smallest absolute Gasteiger partial charge is 0.252 e. The molecule has 1 fully saturated rings. The number of thiophene rings is 1. The molecule has 0 atom stereocenters. The number of ether oxygens (including phenoxy) is 1. The highest BCUT2D eigenvalue weighted by molar-refractivity contribution is 7.91. The lowest BCUT2D eigenvalue weighted by Crippen LogP contribution is -2.32. The molecule has 0 saturated carbocycles. The Morgan fingerprint density at radius 3 is 2.70 bits per heavy atom. The van der Waals surface area contributed by atoms with Crippen molar-refractivity contribution < 1.29 is 17.9 Å². The Labute approximate surface area is 122 Å². The van der Waals surface area contributed by atoms with Crippen LogP contribution in [0.5, 0.6) is 0 Å². The van der Waals surface area contributed by atoms with Crippen molar-refractivity contribution in [3.8, 4) is 0 Å². The molecule has 1 aliphatic heterocycles. The summed E-state index contributed by atoms with van der Waals surface area (Å²) >= 11 is 0.979. The molecule has 6 nitrogen and oxygen atoms in total. The summed E-state index contributed by atoms with van der Waals surface area (Å²) in [4.78, 5) is 12.1. The highest BCUT2D eigenvalue weighted by Crippen LogP contribution is 2.25. The van der Waals surface area contributed by atoms with Crippen molar-refractivity contribution in [2.75, 3.05) is 19.8 Å². The molecule has 0 aliphatic carbocycles. The van der Waals surface area contributed by atoms with Gasteiger partial charge in [0.2, 0.25) is 10.0 Å². The monoisotopic (exact) mass is 318 g/mol. The molecule has 2 rings (SSSR count). The van der Waals surface area contributed by atoms with Gasteiger partial charge in [-0.3, -0.25) is 4.79 Å². The zero-order chi connectivity index (χ0) is 14.8. The van der Waals surface area contributed by atoms with E-state index in [0.29, 0.717) is 23.6 Å². The average Bonchev–Trinajstić information content (AvgIpc) is 2.79. The first-order valence-electron chi connectivity index (χ1n) is 6.36. The molecule has 1 saturated heterocycles.